The Kier molecular flexibility index (Phi) is 4.05. The van der Waals surface area contributed by atoms with E-state index in [1.54, 1.807) is 18.3 Å². The number of benzene rings is 1. The summed E-state index contributed by atoms with van der Waals surface area (Å²) in [6, 6.07) is 10.6. The fourth-order valence-corrected chi connectivity index (χ4v) is 1.97. The van der Waals surface area contributed by atoms with Crippen LogP contribution in [0.2, 0.25) is 0 Å². The Labute approximate surface area is 107 Å². The summed E-state index contributed by atoms with van der Waals surface area (Å²) in [5, 5.41) is 3.38. The number of aryl methyl sites for hydroxylation is 1. The lowest BCUT2D eigenvalue weighted by molar-refractivity contribution is 0.605. The summed E-state index contributed by atoms with van der Waals surface area (Å²) in [5.74, 6) is -0.216. The quantitative estimate of drug-likeness (QED) is 0.893. The van der Waals surface area contributed by atoms with Gasteiger partial charge in [-0.2, -0.15) is 0 Å². The molecule has 2 nitrogen and oxygen atoms in total. The van der Waals surface area contributed by atoms with Crippen molar-refractivity contribution in [1.82, 2.24) is 10.3 Å². The summed E-state index contributed by atoms with van der Waals surface area (Å²) < 4.78 is 13.0. The third-order valence-corrected chi connectivity index (χ3v) is 2.84. The molecule has 94 valence electrons. The van der Waals surface area contributed by atoms with Crippen LogP contribution in [0.25, 0.3) is 0 Å². The summed E-state index contributed by atoms with van der Waals surface area (Å²) in [7, 11) is 0. The predicted molar refractivity (Wildman–Crippen MR) is 70.9 cm³/mol. The van der Waals surface area contributed by atoms with E-state index < -0.39 is 0 Å². The Morgan fingerprint density at radius 2 is 1.94 bits per heavy atom. The van der Waals surface area contributed by atoms with E-state index in [2.05, 4.69) is 16.4 Å². The largest absolute Gasteiger partial charge is 0.305 e. The van der Waals surface area contributed by atoms with Crippen LogP contribution in [0.3, 0.4) is 0 Å². The molecule has 0 aliphatic heterocycles. The number of aromatic nitrogens is 1. The monoisotopic (exact) mass is 244 g/mol. The minimum absolute atomic E-state index is 0.00972. The van der Waals surface area contributed by atoms with Crippen molar-refractivity contribution in [2.24, 2.45) is 0 Å². The molecule has 1 unspecified atom stereocenters. The van der Waals surface area contributed by atoms with Gasteiger partial charge in [-0.3, -0.25) is 4.98 Å². The fraction of sp³-hybridized carbons (Fsp3) is 0.267. The topological polar surface area (TPSA) is 24.9 Å². The first-order valence-electron chi connectivity index (χ1n) is 6.12. The van der Waals surface area contributed by atoms with Crippen LogP contribution in [0.15, 0.2) is 42.6 Å². The summed E-state index contributed by atoms with van der Waals surface area (Å²) >= 11 is 0. The minimum Gasteiger partial charge on any atom is -0.305 e. The summed E-state index contributed by atoms with van der Waals surface area (Å²) in [4.78, 5) is 4.40. The number of halogens is 1. The Balaban J connectivity index is 2.36. The van der Waals surface area contributed by atoms with Crippen molar-refractivity contribution in [3.05, 3.63) is 65.2 Å². The number of nitrogens with zero attached hydrogens (tertiary/aromatic N) is 1. The van der Waals surface area contributed by atoms with Crippen LogP contribution in [0.4, 0.5) is 4.39 Å². The molecule has 0 aliphatic carbocycles. The second kappa shape index (κ2) is 5.74. The molecular formula is C15H17FN2. The maximum Gasteiger partial charge on any atom is 0.123 e. The van der Waals surface area contributed by atoms with Gasteiger partial charge in [0.15, 0.2) is 0 Å². The maximum absolute atomic E-state index is 13.0. The molecule has 1 atom stereocenters. The Bertz CT molecular complexity index is 508. The first kappa shape index (κ1) is 12.7. The summed E-state index contributed by atoms with van der Waals surface area (Å²) in [5.41, 5.74) is 3.16. The van der Waals surface area contributed by atoms with E-state index in [0.717, 1.165) is 17.8 Å². The van der Waals surface area contributed by atoms with Gasteiger partial charge in [0.05, 0.1) is 11.7 Å². The van der Waals surface area contributed by atoms with Crippen molar-refractivity contribution in [2.45, 2.75) is 19.9 Å². The SMILES string of the molecule is CCNC(c1ccc(F)cc1)c1cc(C)ccn1. The predicted octanol–water partition coefficient (Wildman–Crippen LogP) is 3.23. The van der Waals surface area contributed by atoms with E-state index >= 15 is 0 Å². The fourth-order valence-electron chi connectivity index (χ4n) is 1.97. The molecule has 0 radical (unpaired) electrons. The van der Waals surface area contributed by atoms with Crippen molar-refractivity contribution in [2.75, 3.05) is 6.54 Å². The molecule has 3 heteroatoms. The molecule has 0 saturated carbocycles. The normalized spacial score (nSPS) is 12.4. The highest BCUT2D eigenvalue weighted by molar-refractivity contribution is 5.29. The number of rotatable bonds is 4. The van der Waals surface area contributed by atoms with Crippen molar-refractivity contribution in [3.8, 4) is 0 Å². The molecule has 0 saturated heterocycles. The van der Waals surface area contributed by atoms with E-state index in [1.165, 1.54) is 17.7 Å². The van der Waals surface area contributed by atoms with E-state index in [4.69, 9.17) is 0 Å². The lowest BCUT2D eigenvalue weighted by Gasteiger charge is -2.18. The zero-order valence-electron chi connectivity index (χ0n) is 10.7. The highest BCUT2D eigenvalue weighted by atomic mass is 19.1. The van der Waals surface area contributed by atoms with Crippen LogP contribution in [0.1, 0.15) is 29.8 Å². The van der Waals surface area contributed by atoms with Crippen molar-refractivity contribution in [3.63, 3.8) is 0 Å². The number of hydrogen-bond acceptors (Lipinski definition) is 2. The molecule has 2 rings (SSSR count). The van der Waals surface area contributed by atoms with Gasteiger partial charge < -0.3 is 5.32 Å². The third kappa shape index (κ3) is 2.93. The average Bonchev–Trinajstić information content (AvgIpc) is 2.37. The van der Waals surface area contributed by atoms with E-state index in [1.807, 2.05) is 19.9 Å². The highest BCUT2D eigenvalue weighted by Crippen LogP contribution is 2.21. The summed E-state index contributed by atoms with van der Waals surface area (Å²) in [6.07, 6.45) is 1.80. The molecule has 1 aromatic heterocycles. The third-order valence-electron chi connectivity index (χ3n) is 2.84. The van der Waals surface area contributed by atoms with Crippen LogP contribution in [0.5, 0.6) is 0 Å². The van der Waals surface area contributed by atoms with Gasteiger partial charge in [0.2, 0.25) is 0 Å². The number of nitrogens with one attached hydrogen (secondary N) is 1. The molecule has 0 fully saturated rings. The maximum atomic E-state index is 13.0. The number of pyridine rings is 1. The smallest absolute Gasteiger partial charge is 0.123 e. The van der Waals surface area contributed by atoms with Gasteiger partial charge in [-0.1, -0.05) is 19.1 Å². The second-order valence-electron chi connectivity index (χ2n) is 4.30. The molecule has 2 aromatic rings. The molecule has 1 aromatic carbocycles. The van der Waals surface area contributed by atoms with Crippen molar-refractivity contribution in [1.29, 1.82) is 0 Å². The highest BCUT2D eigenvalue weighted by Gasteiger charge is 2.14. The van der Waals surface area contributed by atoms with Gasteiger partial charge in [0.1, 0.15) is 5.82 Å². The van der Waals surface area contributed by atoms with Crippen LogP contribution in [-0.2, 0) is 0 Å². The summed E-state index contributed by atoms with van der Waals surface area (Å²) in [6.45, 7) is 4.92. The van der Waals surface area contributed by atoms with Gasteiger partial charge in [-0.25, -0.2) is 4.39 Å². The van der Waals surface area contributed by atoms with Gasteiger partial charge >= 0.3 is 0 Å². The Morgan fingerprint density at radius 1 is 1.22 bits per heavy atom. The molecule has 0 aliphatic rings. The van der Waals surface area contributed by atoms with Crippen LogP contribution < -0.4 is 5.32 Å². The van der Waals surface area contributed by atoms with Gasteiger partial charge in [-0.05, 0) is 48.9 Å². The van der Waals surface area contributed by atoms with E-state index in [0.29, 0.717) is 0 Å². The Hall–Kier alpha value is -1.74. The molecule has 1 heterocycles. The zero-order valence-corrected chi connectivity index (χ0v) is 10.7. The molecule has 0 bridgehead atoms. The lowest BCUT2D eigenvalue weighted by atomic mass is 10.0. The zero-order chi connectivity index (χ0) is 13.0. The molecule has 1 N–H and O–H groups in total. The molecule has 0 spiro atoms. The van der Waals surface area contributed by atoms with Gasteiger partial charge in [-0.15, -0.1) is 0 Å². The first-order chi connectivity index (χ1) is 8.70. The van der Waals surface area contributed by atoms with Crippen LogP contribution >= 0.6 is 0 Å². The lowest BCUT2D eigenvalue weighted by Crippen LogP contribution is -2.23. The van der Waals surface area contributed by atoms with Crippen molar-refractivity contribution >= 4 is 0 Å². The molecular weight excluding hydrogens is 227 g/mol. The van der Waals surface area contributed by atoms with E-state index in [9.17, 15) is 4.39 Å². The average molecular weight is 244 g/mol. The molecule has 18 heavy (non-hydrogen) atoms. The second-order valence-corrected chi connectivity index (χ2v) is 4.30. The van der Waals surface area contributed by atoms with E-state index in [-0.39, 0.29) is 11.9 Å². The van der Waals surface area contributed by atoms with Gasteiger partial charge in [0, 0.05) is 6.20 Å². The minimum atomic E-state index is -0.216. The van der Waals surface area contributed by atoms with Crippen LogP contribution in [-0.4, -0.2) is 11.5 Å². The first-order valence-corrected chi connectivity index (χ1v) is 6.12. The number of hydrogen-bond donors (Lipinski definition) is 1. The molecule has 0 amide bonds. The standard InChI is InChI=1S/C15H17FN2/c1-3-17-15(12-4-6-13(16)7-5-12)14-10-11(2)8-9-18-14/h4-10,15,17H,3H2,1-2H3. The van der Waals surface area contributed by atoms with Crippen LogP contribution in [0, 0.1) is 12.7 Å². The van der Waals surface area contributed by atoms with Gasteiger partial charge in [0.25, 0.3) is 0 Å². The Morgan fingerprint density at radius 3 is 2.56 bits per heavy atom. The van der Waals surface area contributed by atoms with Crippen molar-refractivity contribution < 1.29 is 4.39 Å².